The van der Waals surface area contributed by atoms with Crippen molar-refractivity contribution in [3.8, 4) is 11.6 Å². The number of nitrogens with one attached hydrogen (secondary N) is 1. The Bertz CT molecular complexity index is 944. The minimum atomic E-state index is -0.364. The van der Waals surface area contributed by atoms with Crippen LogP contribution in [0.1, 0.15) is 28.4 Å². The Balaban J connectivity index is 1.74. The van der Waals surface area contributed by atoms with E-state index in [1.165, 1.54) is 11.8 Å². The number of hydrogen-bond donors (Lipinski definition) is 1. The van der Waals surface area contributed by atoms with Crippen LogP contribution >= 0.6 is 22.6 Å². The van der Waals surface area contributed by atoms with Gasteiger partial charge < -0.3 is 19.7 Å². The van der Waals surface area contributed by atoms with Crippen LogP contribution in [0.25, 0.3) is 0 Å². The van der Waals surface area contributed by atoms with Crippen LogP contribution in [0.3, 0.4) is 0 Å². The van der Waals surface area contributed by atoms with Crippen molar-refractivity contribution >= 4 is 34.6 Å². The standard InChI is InChI=1S/C21H22IN3O4/c1-13(2)28-21(27)25-8-6-14-10-17(22)18(11-15(14)7-9-25)29-19-5-4-16(12-24-19)20(26)23-3/h4-5,10-12H,1,6-9H2,2-3H3,(H,23,26). The predicted molar refractivity (Wildman–Crippen MR) is 117 cm³/mol. The molecule has 2 aromatic rings. The molecule has 0 saturated heterocycles. The molecule has 1 N–H and O–H groups in total. The van der Waals surface area contributed by atoms with E-state index in [9.17, 15) is 9.59 Å². The number of carbonyl (C=O) groups excluding carboxylic acids is 2. The second-order valence-electron chi connectivity index (χ2n) is 6.67. The lowest BCUT2D eigenvalue weighted by Gasteiger charge is -2.19. The average Bonchev–Trinajstić information content (AvgIpc) is 2.90. The highest BCUT2D eigenvalue weighted by Crippen LogP contribution is 2.31. The number of allylic oxidation sites excluding steroid dienone is 1. The van der Waals surface area contributed by atoms with Gasteiger partial charge in [0.25, 0.3) is 5.91 Å². The number of rotatable bonds is 4. The first-order chi connectivity index (χ1) is 13.9. The Kier molecular flexibility index (Phi) is 6.73. The van der Waals surface area contributed by atoms with Gasteiger partial charge in [0.1, 0.15) is 5.75 Å². The van der Waals surface area contributed by atoms with E-state index in [4.69, 9.17) is 9.47 Å². The number of hydrogen-bond acceptors (Lipinski definition) is 5. The molecule has 0 aliphatic carbocycles. The first-order valence-electron chi connectivity index (χ1n) is 9.17. The summed E-state index contributed by atoms with van der Waals surface area (Å²) in [5.41, 5.74) is 2.79. The second kappa shape index (κ2) is 9.25. The van der Waals surface area contributed by atoms with Crippen LogP contribution in [0, 0.1) is 3.57 Å². The zero-order valence-electron chi connectivity index (χ0n) is 16.3. The third-order valence-electron chi connectivity index (χ3n) is 4.52. The zero-order chi connectivity index (χ0) is 21.0. The topological polar surface area (TPSA) is 80.8 Å². The molecule has 0 spiro atoms. The van der Waals surface area contributed by atoms with Crippen LogP contribution in [-0.2, 0) is 17.6 Å². The normalized spacial score (nSPS) is 13.1. The minimum absolute atomic E-state index is 0.196. The Hall–Kier alpha value is -2.62. The van der Waals surface area contributed by atoms with E-state index in [0.717, 1.165) is 15.6 Å². The fraction of sp³-hybridized carbons (Fsp3) is 0.286. The average molecular weight is 507 g/mol. The Morgan fingerprint density at radius 1 is 1.21 bits per heavy atom. The third-order valence-corrected chi connectivity index (χ3v) is 5.36. The molecule has 0 saturated carbocycles. The predicted octanol–water partition coefficient (Wildman–Crippen LogP) is 3.91. The molecule has 1 aromatic carbocycles. The lowest BCUT2D eigenvalue weighted by molar-refractivity contribution is 0.0962. The molecule has 0 fully saturated rings. The smallest absolute Gasteiger partial charge is 0.414 e. The minimum Gasteiger partial charge on any atom is -0.438 e. The maximum atomic E-state index is 12.2. The van der Waals surface area contributed by atoms with Gasteiger partial charge in [-0.25, -0.2) is 9.78 Å². The first kappa shape index (κ1) is 21.1. The number of pyridine rings is 1. The van der Waals surface area contributed by atoms with E-state index in [1.807, 2.05) is 6.07 Å². The first-order valence-corrected chi connectivity index (χ1v) is 10.2. The van der Waals surface area contributed by atoms with E-state index < -0.39 is 0 Å². The van der Waals surface area contributed by atoms with E-state index >= 15 is 0 Å². The van der Waals surface area contributed by atoms with E-state index in [-0.39, 0.29) is 12.0 Å². The summed E-state index contributed by atoms with van der Waals surface area (Å²) in [6.07, 6.45) is 2.57. The van der Waals surface area contributed by atoms with Crippen LogP contribution in [-0.4, -0.2) is 42.0 Å². The molecule has 0 atom stereocenters. The molecule has 3 rings (SSSR count). The highest BCUT2D eigenvalue weighted by Gasteiger charge is 2.21. The van der Waals surface area contributed by atoms with Crippen molar-refractivity contribution in [2.24, 2.45) is 0 Å². The summed E-state index contributed by atoms with van der Waals surface area (Å²) in [6.45, 7) is 6.44. The molecular formula is C21H22IN3O4. The van der Waals surface area contributed by atoms with Crippen molar-refractivity contribution in [1.29, 1.82) is 0 Å². The van der Waals surface area contributed by atoms with Crippen molar-refractivity contribution in [2.45, 2.75) is 19.8 Å². The van der Waals surface area contributed by atoms with Gasteiger partial charge in [-0.2, -0.15) is 0 Å². The van der Waals surface area contributed by atoms with Gasteiger partial charge in [0.2, 0.25) is 5.88 Å². The molecule has 1 aliphatic heterocycles. The largest absolute Gasteiger partial charge is 0.438 e. The van der Waals surface area contributed by atoms with Crippen LogP contribution in [0.2, 0.25) is 0 Å². The number of ether oxygens (including phenoxy) is 2. The lowest BCUT2D eigenvalue weighted by atomic mass is 10.0. The molecule has 29 heavy (non-hydrogen) atoms. The van der Waals surface area contributed by atoms with Gasteiger partial charge in [-0.3, -0.25) is 4.79 Å². The van der Waals surface area contributed by atoms with Crippen LogP contribution in [0.15, 0.2) is 42.8 Å². The van der Waals surface area contributed by atoms with Gasteiger partial charge in [0, 0.05) is 32.4 Å². The Morgan fingerprint density at radius 2 is 1.90 bits per heavy atom. The van der Waals surface area contributed by atoms with Gasteiger partial charge in [-0.15, -0.1) is 0 Å². The van der Waals surface area contributed by atoms with Crippen molar-refractivity contribution in [1.82, 2.24) is 15.2 Å². The van der Waals surface area contributed by atoms with Crippen molar-refractivity contribution in [3.63, 3.8) is 0 Å². The number of carbonyl (C=O) groups is 2. The summed E-state index contributed by atoms with van der Waals surface area (Å²) in [7, 11) is 1.57. The quantitative estimate of drug-likeness (QED) is 0.502. The fourth-order valence-corrected chi connectivity index (χ4v) is 3.67. The molecule has 1 aromatic heterocycles. The fourth-order valence-electron chi connectivity index (χ4n) is 3.03. The number of aromatic nitrogens is 1. The van der Waals surface area contributed by atoms with Crippen LogP contribution < -0.4 is 10.1 Å². The molecule has 0 bridgehead atoms. The Labute approximate surface area is 183 Å². The zero-order valence-corrected chi connectivity index (χ0v) is 18.5. The molecule has 8 heteroatoms. The lowest BCUT2D eigenvalue weighted by Crippen LogP contribution is -2.33. The third kappa shape index (κ3) is 5.26. The van der Waals surface area contributed by atoms with Gasteiger partial charge in [0.15, 0.2) is 0 Å². The number of halogens is 1. The van der Waals surface area contributed by atoms with E-state index in [1.54, 1.807) is 31.0 Å². The molecule has 7 nitrogen and oxygen atoms in total. The molecule has 152 valence electrons. The summed E-state index contributed by atoms with van der Waals surface area (Å²) in [5.74, 6) is 1.30. The van der Waals surface area contributed by atoms with Crippen LogP contribution in [0.5, 0.6) is 11.6 Å². The molecule has 1 aliphatic rings. The maximum absolute atomic E-state index is 12.2. The summed E-state index contributed by atoms with van der Waals surface area (Å²) in [5, 5.41) is 2.56. The number of fused-ring (bicyclic) bond motifs is 1. The van der Waals surface area contributed by atoms with Gasteiger partial charge in [-0.05, 0) is 71.7 Å². The monoisotopic (exact) mass is 507 g/mol. The van der Waals surface area contributed by atoms with Crippen LogP contribution in [0.4, 0.5) is 4.79 Å². The van der Waals surface area contributed by atoms with E-state index in [0.29, 0.717) is 42.5 Å². The maximum Gasteiger partial charge on any atom is 0.414 e. The van der Waals surface area contributed by atoms with Crippen molar-refractivity contribution < 1.29 is 19.1 Å². The van der Waals surface area contributed by atoms with Crippen molar-refractivity contribution in [2.75, 3.05) is 20.1 Å². The van der Waals surface area contributed by atoms with Gasteiger partial charge in [0.05, 0.1) is 14.9 Å². The summed E-state index contributed by atoms with van der Waals surface area (Å²) in [6, 6.07) is 7.42. The highest BCUT2D eigenvalue weighted by atomic mass is 127. The summed E-state index contributed by atoms with van der Waals surface area (Å²) in [4.78, 5) is 29.7. The second-order valence-corrected chi connectivity index (χ2v) is 7.84. The molecule has 0 unspecified atom stereocenters. The molecular weight excluding hydrogens is 485 g/mol. The number of benzene rings is 1. The molecule has 0 radical (unpaired) electrons. The van der Waals surface area contributed by atoms with Crippen molar-refractivity contribution in [3.05, 3.63) is 63.1 Å². The van der Waals surface area contributed by atoms with Gasteiger partial charge in [-0.1, -0.05) is 6.58 Å². The summed E-state index contributed by atoms with van der Waals surface area (Å²) < 4.78 is 12.0. The summed E-state index contributed by atoms with van der Waals surface area (Å²) >= 11 is 2.23. The SMILES string of the molecule is C=C(C)OC(=O)N1CCc2cc(I)c(Oc3ccc(C(=O)NC)cn3)cc2CC1. The molecule has 2 heterocycles. The molecule has 2 amide bonds. The van der Waals surface area contributed by atoms with Gasteiger partial charge >= 0.3 is 6.09 Å². The number of amides is 2. The highest BCUT2D eigenvalue weighted by molar-refractivity contribution is 14.1. The Morgan fingerprint density at radius 3 is 2.48 bits per heavy atom. The number of nitrogens with zero attached hydrogens (tertiary/aromatic N) is 2. The van der Waals surface area contributed by atoms with E-state index in [2.05, 4.69) is 45.5 Å².